The number of hydrogen-bond acceptors (Lipinski definition) is 5. The zero-order valence-corrected chi connectivity index (χ0v) is 13.9. The maximum Gasteiger partial charge on any atom is 0.177 e. The SMILES string of the molecule is CN(C)C1(N)C=CC(C2(Nc3ccccc3)CNCCO2)=CC1. The normalized spacial score (nSPS) is 31.0. The number of nitrogens with two attached hydrogens (primary N) is 1. The summed E-state index contributed by atoms with van der Waals surface area (Å²) in [5.41, 5.74) is 7.59. The van der Waals surface area contributed by atoms with E-state index in [2.05, 4.69) is 41.0 Å². The Morgan fingerprint density at radius 1 is 1.26 bits per heavy atom. The highest BCUT2D eigenvalue weighted by atomic mass is 16.5. The molecule has 5 nitrogen and oxygen atoms in total. The summed E-state index contributed by atoms with van der Waals surface area (Å²) >= 11 is 0. The summed E-state index contributed by atoms with van der Waals surface area (Å²) in [7, 11) is 4.00. The van der Waals surface area contributed by atoms with Gasteiger partial charge in [-0.1, -0.05) is 30.4 Å². The monoisotopic (exact) mass is 314 g/mol. The third-order valence-corrected chi connectivity index (χ3v) is 4.62. The van der Waals surface area contributed by atoms with Gasteiger partial charge >= 0.3 is 0 Å². The fraction of sp³-hybridized carbons (Fsp3) is 0.444. The molecule has 2 unspecified atom stereocenters. The number of benzene rings is 1. The Bertz CT molecular complexity index is 590. The molecule has 1 fully saturated rings. The lowest BCUT2D eigenvalue weighted by atomic mass is 9.90. The largest absolute Gasteiger partial charge is 0.353 e. The zero-order chi connectivity index (χ0) is 16.3. The summed E-state index contributed by atoms with van der Waals surface area (Å²) in [5, 5.41) is 6.99. The number of para-hydroxylation sites is 1. The molecule has 0 radical (unpaired) electrons. The molecule has 4 N–H and O–H groups in total. The van der Waals surface area contributed by atoms with Gasteiger partial charge in [-0.15, -0.1) is 0 Å². The van der Waals surface area contributed by atoms with Crippen molar-refractivity contribution in [3.05, 3.63) is 54.1 Å². The minimum absolute atomic E-state index is 0.431. The van der Waals surface area contributed by atoms with Crippen LogP contribution < -0.4 is 16.4 Å². The van der Waals surface area contributed by atoms with Crippen molar-refractivity contribution in [2.45, 2.75) is 17.8 Å². The fourth-order valence-corrected chi connectivity index (χ4v) is 2.98. The van der Waals surface area contributed by atoms with Crippen LogP contribution in [0.1, 0.15) is 6.42 Å². The first kappa shape index (κ1) is 16.2. The van der Waals surface area contributed by atoms with Crippen LogP contribution in [0.25, 0.3) is 0 Å². The highest BCUT2D eigenvalue weighted by Crippen LogP contribution is 2.31. The van der Waals surface area contributed by atoms with E-state index in [-0.39, 0.29) is 0 Å². The first-order chi connectivity index (χ1) is 11.0. The average Bonchev–Trinajstić information content (AvgIpc) is 2.57. The molecule has 0 bridgehead atoms. The maximum atomic E-state index is 6.41. The number of nitrogens with zero attached hydrogens (tertiary/aromatic N) is 1. The Morgan fingerprint density at radius 2 is 2.04 bits per heavy atom. The van der Waals surface area contributed by atoms with Gasteiger partial charge in [0, 0.05) is 30.8 Å². The molecular formula is C18H26N4O. The second-order valence-electron chi connectivity index (χ2n) is 6.43. The predicted octanol–water partition coefficient (Wildman–Crippen LogP) is 1.52. The van der Waals surface area contributed by atoms with E-state index < -0.39 is 11.4 Å². The maximum absolute atomic E-state index is 6.41. The summed E-state index contributed by atoms with van der Waals surface area (Å²) in [5.74, 6) is 0. The molecule has 1 heterocycles. The molecule has 1 aromatic carbocycles. The third kappa shape index (κ3) is 3.33. The van der Waals surface area contributed by atoms with Gasteiger partial charge in [0.15, 0.2) is 5.72 Å². The molecule has 2 aliphatic rings. The number of rotatable bonds is 4. The Balaban J connectivity index is 1.86. The second kappa shape index (κ2) is 6.45. The smallest absolute Gasteiger partial charge is 0.177 e. The zero-order valence-electron chi connectivity index (χ0n) is 13.9. The van der Waals surface area contributed by atoms with Gasteiger partial charge in [-0.05, 0) is 32.3 Å². The van der Waals surface area contributed by atoms with Crippen LogP contribution in [0.15, 0.2) is 54.1 Å². The molecule has 1 aliphatic heterocycles. The molecule has 124 valence electrons. The van der Waals surface area contributed by atoms with Crippen molar-refractivity contribution in [1.29, 1.82) is 0 Å². The van der Waals surface area contributed by atoms with Crippen molar-refractivity contribution in [3.63, 3.8) is 0 Å². The standard InChI is InChI=1S/C18H26N4O/c1-22(2)17(19)10-8-15(9-11-17)18(14-20-12-13-23-18)21-16-6-4-3-5-7-16/h3-10,20-21H,11-14,19H2,1-2H3. The Morgan fingerprint density at radius 3 is 2.61 bits per heavy atom. The minimum Gasteiger partial charge on any atom is -0.353 e. The number of nitrogens with one attached hydrogen (secondary N) is 2. The van der Waals surface area contributed by atoms with Gasteiger partial charge < -0.3 is 21.1 Å². The van der Waals surface area contributed by atoms with Gasteiger partial charge in [0.25, 0.3) is 0 Å². The summed E-state index contributed by atoms with van der Waals surface area (Å²) < 4.78 is 6.19. The number of morpholine rings is 1. The van der Waals surface area contributed by atoms with Crippen molar-refractivity contribution in [1.82, 2.24) is 10.2 Å². The first-order valence-electron chi connectivity index (χ1n) is 8.08. The van der Waals surface area contributed by atoms with Crippen LogP contribution in [0.3, 0.4) is 0 Å². The quantitative estimate of drug-likeness (QED) is 0.736. The lowest BCUT2D eigenvalue weighted by Gasteiger charge is -2.43. The molecule has 1 aliphatic carbocycles. The van der Waals surface area contributed by atoms with Crippen molar-refractivity contribution >= 4 is 5.69 Å². The summed E-state index contributed by atoms with van der Waals surface area (Å²) in [6.45, 7) is 2.26. The minimum atomic E-state index is -0.552. The molecule has 0 aromatic heterocycles. The number of ether oxygens (including phenoxy) is 1. The van der Waals surface area contributed by atoms with E-state index in [4.69, 9.17) is 10.5 Å². The van der Waals surface area contributed by atoms with E-state index >= 15 is 0 Å². The molecule has 0 spiro atoms. The number of hydrogen-bond donors (Lipinski definition) is 3. The van der Waals surface area contributed by atoms with E-state index in [1.54, 1.807) is 0 Å². The number of likely N-dealkylation sites (N-methyl/N-ethyl adjacent to an activating group) is 1. The van der Waals surface area contributed by atoms with E-state index in [1.165, 1.54) is 0 Å². The Hall–Kier alpha value is -1.66. The molecule has 0 amide bonds. The van der Waals surface area contributed by atoms with Crippen LogP contribution in [0.5, 0.6) is 0 Å². The van der Waals surface area contributed by atoms with Crippen LogP contribution in [0, 0.1) is 0 Å². The van der Waals surface area contributed by atoms with Crippen LogP contribution in [0.2, 0.25) is 0 Å². The first-order valence-corrected chi connectivity index (χ1v) is 8.08. The van der Waals surface area contributed by atoms with Crippen LogP contribution in [0.4, 0.5) is 5.69 Å². The van der Waals surface area contributed by atoms with Crippen LogP contribution >= 0.6 is 0 Å². The van der Waals surface area contributed by atoms with E-state index in [9.17, 15) is 0 Å². The molecule has 23 heavy (non-hydrogen) atoms. The van der Waals surface area contributed by atoms with Gasteiger partial charge in [0.05, 0.1) is 12.3 Å². The lowest BCUT2D eigenvalue weighted by molar-refractivity contribution is -0.0169. The fourth-order valence-electron chi connectivity index (χ4n) is 2.98. The van der Waals surface area contributed by atoms with E-state index in [1.807, 2.05) is 37.2 Å². The van der Waals surface area contributed by atoms with Crippen LogP contribution in [-0.2, 0) is 4.74 Å². The van der Waals surface area contributed by atoms with Crippen LogP contribution in [-0.4, -0.2) is 50.1 Å². The molecule has 0 saturated carbocycles. The van der Waals surface area contributed by atoms with Gasteiger partial charge in [-0.25, -0.2) is 0 Å². The summed E-state index contributed by atoms with van der Waals surface area (Å²) in [6, 6.07) is 10.2. The van der Waals surface area contributed by atoms with Crippen molar-refractivity contribution < 1.29 is 4.74 Å². The highest BCUT2D eigenvalue weighted by Gasteiger charge is 2.39. The number of anilines is 1. The van der Waals surface area contributed by atoms with Gasteiger partial charge in [0.1, 0.15) is 0 Å². The third-order valence-electron chi connectivity index (χ3n) is 4.62. The Kier molecular flexibility index (Phi) is 4.55. The molecule has 3 rings (SSSR count). The van der Waals surface area contributed by atoms with Gasteiger partial charge in [0.2, 0.25) is 0 Å². The van der Waals surface area contributed by atoms with E-state index in [0.717, 1.165) is 30.8 Å². The topological polar surface area (TPSA) is 62.5 Å². The van der Waals surface area contributed by atoms with Gasteiger partial charge in [-0.3, -0.25) is 4.90 Å². The molecule has 1 saturated heterocycles. The summed E-state index contributed by atoms with van der Waals surface area (Å²) in [6.07, 6.45) is 7.09. The lowest BCUT2D eigenvalue weighted by Crippen LogP contribution is -2.57. The molecular weight excluding hydrogens is 288 g/mol. The predicted molar refractivity (Wildman–Crippen MR) is 94.1 cm³/mol. The van der Waals surface area contributed by atoms with Crippen molar-refractivity contribution in [2.75, 3.05) is 39.1 Å². The Labute approximate surface area is 138 Å². The van der Waals surface area contributed by atoms with Gasteiger partial charge in [-0.2, -0.15) is 0 Å². The summed E-state index contributed by atoms with van der Waals surface area (Å²) in [4.78, 5) is 2.04. The van der Waals surface area contributed by atoms with E-state index in [0.29, 0.717) is 6.61 Å². The average molecular weight is 314 g/mol. The molecule has 5 heteroatoms. The van der Waals surface area contributed by atoms with Crippen molar-refractivity contribution in [2.24, 2.45) is 5.73 Å². The van der Waals surface area contributed by atoms with Crippen molar-refractivity contribution in [3.8, 4) is 0 Å². The molecule has 2 atom stereocenters. The highest BCUT2D eigenvalue weighted by molar-refractivity contribution is 5.50. The second-order valence-corrected chi connectivity index (χ2v) is 6.43. The molecule has 1 aromatic rings.